The van der Waals surface area contributed by atoms with Crippen molar-refractivity contribution in [3.05, 3.63) is 66.4 Å². The van der Waals surface area contributed by atoms with E-state index in [2.05, 4.69) is 40.7 Å². The lowest BCUT2D eigenvalue weighted by Crippen LogP contribution is -2.55. The summed E-state index contributed by atoms with van der Waals surface area (Å²) in [6, 6.07) is 6.69. The van der Waals surface area contributed by atoms with Crippen LogP contribution in [-0.4, -0.2) is 66.8 Å². The van der Waals surface area contributed by atoms with Gasteiger partial charge < -0.3 is 4.98 Å². The Morgan fingerprint density at radius 2 is 1.79 bits per heavy atom. The van der Waals surface area contributed by atoms with Gasteiger partial charge in [0.05, 0.1) is 17.9 Å². The maximum atomic E-state index is 13.5. The van der Waals surface area contributed by atoms with Crippen molar-refractivity contribution in [2.75, 3.05) is 26.2 Å². The van der Waals surface area contributed by atoms with E-state index >= 15 is 0 Å². The van der Waals surface area contributed by atoms with Gasteiger partial charge in [-0.25, -0.2) is 18.7 Å². The lowest BCUT2D eigenvalue weighted by molar-refractivity contribution is 0.0191. The van der Waals surface area contributed by atoms with Crippen LogP contribution in [0.25, 0.3) is 22.3 Å². The molecule has 0 bridgehead atoms. The van der Waals surface area contributed by atoms with Gasteiger partial charge in [0, 0.05) is 55.1 Å². The first-order chi connectivity index (χ1) is 16.1. The average Bonchev–Trinajstić information content (AvgIpc) is 3.43. The Bertz CT molecular complexity index is 1250. The molecule has 2 aliphatic rings. The molecule has 0 spiro atoms. The van der Waals surface area contributed by atoms with E-state index in [1.807, 2.05) is 18.5 Å². The number of nitrogens with zero attached hydrogens (tertiary/aromatic N) is 6. The standard InChI is InChI=1S/C24H25F2N7/c25-18-7-16(8-19(26)9-18)11-31-5-2-20(3-6-31)32-13-21(14-32)33-12-17(10-30-33)23-22-1-4-27-24(22)29-15-28-23/h1,4,7-10,12,15,20-21H,2-3,5-6,11,13-14H2,(H,27,28,29). The van der Waals surface area contributed by atoms with Gasteiger partial charge >= 0.3 is 0 Å². The summed E-state index contributed by atoms with van der Waals surface area (Å²) in [4.78, 5) is 16.7. The topological polar surface area (TPSA) is 65.9 Å². The Balaban J connectivity index is 1.03. The molecule has 5 heterocycles. The fraction of sp³-hybridized carbons (Fsp3) is 0.375. The molecule has 170 valence electrons. The highest BCUT2D eigenvalue weighted by Gasteiger charge is 2.35. The molecule has 2 aliphatic heterocycles. The number of piperidine rings is 1. The second-order valence-corrected chi connectivity index (χ2v) is 9.06. The van der Waals surface area contributed by atoms with Crippen molar-refractivity contribution in [3.63, 3.8) is 0 Å². The maximum absolute atomic E-state index is 13.5. The molecule has 1 N–H and O–H groups in total. The van der Waals surface area contributed by atoms with Gasteiger partial charge in [0.25, 0.3) is 0 Å². The number of likely N-dealkylation sites (tertiary alicyclic amines) is 2. The Hall–Kier alpha value is -3.17. The molecule has 1 aromatic carbocycles. The highest BCUT2D eigenvalue weighted by molar-refractivity contribution is 5.89. The van der Waals surface area contributed by atoms with E-state index in [-0.39, 0.29) is 0 Å². The zero-order chi connectivity index (χ0) is 22.4. The fourth-order valence-corrected chi connectivity index (χ4v) is 5.12. The van der Waals surface area contributed by atoms with E-state index in [9.17, 15) is 8.78 Å². The van der Waals surface area contributed by atoms with E-state index in [4.69, 9.17) is 0 Å². The first kappa shape index (κ1) is 20.4. The zero-order valence-corrected chi connectivity index (χ0v) is 18.2. The number of benzene rings is 1. The molecule has 9 heteroatoms. The molecule has 3 aromatic heterocycles. The second kappa shape index (κ2) is 8.31. The van der Waals surface area contributed by atoms with E-state index in [0.717, 1.165) is 67.4 Å². The molecule has 2 fully saturated rings. The van der Waals surface area contributed by atoms with Gasteiger partial charge in [-0.05, 0) is 49.7 Å². The molecule has 7 nitrogen and oxygen atoms in total. The van der Waals surface area contributed by atoms with Crippen LogP contribution in [0.1, 0.15) is 24.4 Å². The van der Waals surface area contributed by atoms with Gasteiger partial charge in [-0.15, -0.1) is 0 Å². The summed E-state index contributed by atoms with van der Waals surface area (Å²) < 4.78 is 29.0. The van der Waals surface area contributed by atoms with Gasteiger partial charge in [-0.3, -0.25) is 14.5 Å². The van der Waals surface area contributed by atoms with Crippen LogP contribution in [-0.2, 0) is 6.54 Å². The van der Waals surface area contributed by atoms with Crippen LogP contribution in [0.3, 0.4) is 0 Å². The number of fused-ring (bicyclic) bond motifs is 1. The van der Waals surface area contributed by atoms with E-state index in [1.54, 1.807) is 6.33 Å². The fourth-order valence-electron chi connectivity index (χ4n) is 5.12. The number of aromatic amines is 1. The zero-order valence-electron chi connectivity index (χ0n) is 18.2. The Kier molecular flexibility index (Phi) is 5.15. The summed E-state index contributed by atoms with van der Waals surface area (Å²) in [5.74, 6) is -1.02. The van der Waals surface area contributed by atoms with Crippen molar-refractivity contribution >= 4 is 11.0 Å². The predicted octanol–water partition coefficient (Wildman–Crippen LogP) is 3.62. The van der Waals surface area contributed by atoms with Gasteiger partial charge in [0.1, 0.15) is 23.6 Å². The number of hydrogen-bond donors (Lipinski definition) is 1. The van der Waals surface area contributed by atoms with Gasteiger partial charge in [0.2, 0.25) is 0 Å². The SMILES string of the molecule is Fc1cc(F)cc(CN2CCC(N3CC(n4cc(-c5ncnc6[nH]ccc56)cn4)C3)CC2)c1. The number of hydrogen-bond acceptors (Lipinski definition) is 5. The Labute approximate surface area is 190 Å². The van der Waals surface area contributed by atoms with E-state index < -0.39 is 11.6 Å². The summed E-state index contributed by atoms with van der Waals surface area (Å²) in [7, 11) is 0. The van der Waals surface area contributed by atoms with Crippen molar-refractivity contribution in [2.24, 2.45) is 0 Å². The Morgan fingerprint density at radius 1 is 1.00 bits per heavy atom. The average molecular weight is 450 g/mol. The van der Waals surface area contributed by atoms with Crippen LogP contribution >= 0.6 is 0 Å². The third-order valence-corrected chi connectivity index (χ3v) is 6.90. The molecule has 0 saturated carbocycles. The summed E-state index contributed by atoms with van der Waals surface area (Å²) in [5.41, 5.74) is 3.43. The molecule has 33 heavy (non-hydrogen) atoms. The summed E-state index contributed by atoms with van der Waals surface area (Å²) in [6.45, 7) is 4.46. The van der Waals surface area contributed by atoms with Crippen LogP contribution in [0.5, 0.6) is 0 Å². The summed E-state index contributed by atoms with van der Waals surface area (Å²) in [5, 5.41) is 5.61. The van der Waals surface area contributed by atoms with Gasteiger partial charge in [0.15, 0.2) is 0 Å². The molecule has 0 aliphatic carbocycles. The van der Waals surface area contributed by atoms with Gasteiger partial charge in [-0.2, -0.15) is 5.10 Å². The van der Waals surface area contributed by atoms with Crippen LogP contribution in [0.2, 0.25) is 0 Å². The number of H-pyrrole nitrogens is 1. The van der Waals surface area contributed by atoms with Crippen LogP contribution in [0.15, 0.2) is 49.2 Å². The van der Waals surface area contributed by atoms with Crippen LogP contribution in [0, 0.1) is 11.6 Å². The third-order valence-electron chi connectivity index (χ3n) is 6.90. The minimum atomic E-state index is -0.509. The molecule has 0 radical (unpaired) electrons. The number of aromatic nitrogens is 5. The third kappa shape index (κ3) is 4.02. The molecule has 0 amide bonds. The van der Waals surface area contributed by atoms with Crippen molar-refractivity contribution in [3.8, 4) is 11.3 Å². The lowest BCUT2D eigenvalue weighted by atomic mass is 9.97. The lowest BCUT2D eigenvalue weighted by Gasteiger charge is -2.47. The van der Waals surface area contributed by atoms with Crippen molar-refractivity contribution in [1.82, 2.24) is 34.5 Å². The molecule has 6 rings (SSSR count). The summed E-state index contributed by atoms with van der Waals surface area (Å²) in [6.07, 6.45) is 9.55. The quantitative estimate of drug-likeness (QED) is 0.504. The number of halogens is 2. The highest BCUT2D eigenvalue weighted by atomic mass is 19.1. The van der Waals surface area contributed by atoms with E-state index in [0.29, 0.717) is 24.2 Å². The molecule has 2 saturated heterocycles. The summed E-state index contributed by atoms with van der Waals surface area (Å²) >= 11 is 0. The minimum Gasteiger partial charge on any atom is -0.346 e. The monoisotopic (exact) mass is 449 g/mol. The number of rotatable bonds is 5. The molecular weight excluding hydrogens is 424 g/mol. The van der Waals surface area contributed by atoms with Gasteiger partial charge in [-0.1, -0.05) is 0 Å². The molecule has 4 aromatic rings. The normalized spacial score (nSPS) is 18.7. The van der Waals surface area contributed by atoms with Crippen molar-refractivity contribution in [1.29, 1.82) is 0 Å². The maximum Gasteiger partial charge on any atom is 0.141 e. The number of nitrogens with one attached hydrogen (secondary N) is 1. The molecule has 0 unspecified atom stereocenters. The highest BCUT2D eigenvalue weighted by Crippen LogP contribution is 2.30. The van der Waals surface area contributed by atoms with Crippen LogP contribution in [0.4, 0.5) is 8.78 Å². The van der Waals surface area contributed by atoms with Crippen molar-refractivity contribution < 1.29 is 8.78 Å². The second-order valence-electron chi connectivity index (χ2n) is 9.06. The van der Waals surface area contributed by atoms with E-state index in [1.165, 1.54) is 12.1 Å². The molecule has 0 atom stereocenters. The molecular formula is C24H25F2N7. The smallest absolute Gasteiger partial charge is 0.141 e. The Morgan fingerprint density at radius 3 is 2.58 bits per heavy atom. The largest absolute Gasteiger partial charge is 0.346 e. The first-order valence-corrected chi connectivity index (χ1v) is 11.4. The van der Waals surface area contributed by atoms with Crippen LogP contribution < -0.4 is 0 Å². The van der Waals surface area contributed by atoms with Crippen molar-refractivity contribution in [2.45, 2.75) is 31.5 Å². The minimum absolute atomic E-state index is 0.371. The first-order valence-electron chi connectivity index (χ1n) is 11.4. The predicted molar refractivity (Wildman–Crippen MR) is 120 cm³/mol.